The second-order valence-corrected chi connectivity index (χ2v) is 10.3. The zero-order valence-electron chi connectivity index (χ0n) is 20.9. The van der Waals surface area contributed by atoms with Gasteiger partial charge in [-0.3, -0.25) is 0 Å². The number of halogens is 1. The minimum absolute atomic E-state index is 0.577. The van der Waals surface area contributed by atoms with E-state index in [2.05, 4.69) is 61.5 Å². The van der Waals surface area contributed by atoms with Crippen molar-refractivity contribution in [2.24, 2.45) is 5.92 Å². The van der Waals surface area contributed by atoms with Crippen LogP contribution in [-0.4, -0.2) is 7.11 Å². The summed E-state index contributed by atoms with van der Waals surface area (Å²) in [5, 5.41) is 0.931. The van der Waals surface area contributed by atoms with Gasteiger partial charge in [0.05, 0.1) is 12.1 Å². The predicted molar refractivity (Wildman–Crippen MR) is 147 cm³/mol. The molecule has 34 heavy (non-hydrogen) atoms. The summed E-state index contributed by atoms with van der Waals surface area (Å²) < 4.78 is 5.47. The molecule has 0 spiro atoms. The van der Waals surface area contributed by atoms with Crippen molar-refractivity contribution in [3.05, 3.63) is 77.3 Å². The van der Waals surface area contributed by atoms with Crippen molar-refractivity contribution >= 4 is 11.6 Å². The highest BCUT2D eigenvalue weighted by atomic mass is 35.5. The van der Waals surface area contributed by atoms with Crippen molar-refractivity contribution in [1.82, 2.24) is 0 Å². The van der Waals surface area contributed by atoms with Gasteiger partial charge in [-0.25, -0.2) is 0 Å². The summed E-state index contributed by atoms with van der Waals surface area (Å²) in [4.78, 5) is 0. The van der Waals surface area contributed by atoms with Crippen LogP contribution in [0.5, 0.6) is 5.75 Å². The summed E-state index contributed by atoms with van der Waals surface area (Å²) in [5.41, 5.74) is 5.99. The Morgan fingerprint density at radius 3 is 2.24 bits per heavy atom. The van der Waals surface area contributed by atoms with Crippen molar-refractivity contribution in [2.45, 2.75) is 77.0 Å². The van der Waals surface area contributed by atoms with Gasteiger partial charge in [-0.15, -0.1) is 0 Å². The van der Waals surface area contributed by atoms with Crippen LogP contribution in [0.2, 0.25) is 5.02 Å². The number of benzene rings is 3. The zero-order valence-corrected chi connectivity index (χ0v) is 21.6. The van der Waals surface area contributed by atoms with Crippen molar-refractivity contribution in [1.29, 1.82) is 0 Å². The first-order valence-corrected chi connectivity index (χ1v) is 13.6. The highest BCUT2D eigenvalue weighted by molar-refractivity contribution is 6.34. The van der Waals surface area contributed by atoms with Crippen LogP contribution in [0, 0.1) is 5.92 Å². The number of methoxy groups -OCH3 is 1. The van der Waals surface area contributed by atoms with Crippen LogP contribution in [0.25, 0.3) is 22.3 Å². The Morgan fingerprint density at radius 1 is 0.765 bits per heavy atom. The smallest absolute Gasteiger partial charge is 0.119 e. The Hall–Kier alpha value is -2.25. The van der Waals surface area contributed by atoms with Gasteiger partial charge in [0.15, 0.2) is 0 Å². The molecule has 2 heteroatoms. The third-order valence-corrected chi connectivity index (χ3v) is 8.05. The van der Waals surface area contributed by atoms with Gasteiger partial charge in [0, 0.05) is 5.56 Å². The highest BCUT2D eigenvalue weighted by Gasteiger charge is 2.25. The summed E-state index contributed by atoms with van der Waals surface area (Å²) >= 11 is 7.14. The van der Waals surface area contributed by atoms with Gasteiger partial charge in [0.25, 0.3) is 0 Å². The van der Waals surface area contributed by atoms with E-state index in [0.717, 1.165) is 27.8 Å². The molecule has 3 aromatic rings. The summed E-state index contributed by atoms with van der Waals surface area (Å²) in [6.07, 6.45) is 13.6. The number of unbranched alkanes of at least 4 members (excludes halogenated alkanes) is 4. The fourth-order valence-corrected chi connectivity index (χ4v) is 6.01. The van der Waals surface area contributed by atoms with E-state index in [1.54, 1.807) is 7.11 Å². The molecule has 180 valence electrons. The van der Waals surface area contributed by atoms with Crippen LogP contribution >= 0.6 is 11.6 Å². The van der Waals surface area contributed by atoms with Gasteiger partial charge in [0.2, 0.25) is 0 Å². The minimum Gasteiger partial charge on any atom is -0.497 e. The molecule has 0 amide bonds. The SMILES string of the molecule is CCCCCCCC1CCC(c2cccc(-c3ccccc3-c3cccc(OC)c3)c2Cl)CC1. The van der Waals surface area contributed by atoms with Gasteiger partial charge in [-0.2, -0.15) is 0 Å². The quantitative estimate of drug-likeness (QED) is 0.265. The predicted octanol–water partition coefficient (Wildman–Crippen LogP) is 10.3. The standard InChI is InChI=1S/C32H39ClO/c1-3-4-5-6-7-12-24-19-21-25(22-20-24)29-17-11-18-31(32(29)33)30-16-9-8-15-28(30)26-13-10-14-27(23-26)34-2/h8-11,13-18,23-25H,3-7,12,19-22H2,1-2H3. The van der Waals surface area contributed by atoms with E-state index in [9.17, 15) is 0 Å². The lowest BCUT2D eigenvalue weighted by atomic mass is 9.76. The van der Waals surface area contributed by atoms with E-state index in [4.69, 9.17) is 16.3 Å². The Bertz CT molecular complexity index is 1050. The summed E-state index contributed by atoms with van der Waals surface area (Å²) in [6, 6.07) is 23.5. The monoisotopic (exact) mass is 474 g/mol. The van der Waals surface area contributed by atoms with Crippen LogP contribution in [0.4, 0.5) is 0 Å². The van der Waals surface area contributed by atoms with Crippen LogP contribution < -0.4 is 4.74 Å². The summed E-state index contributed by atoms with van der Waals surface area (Å²) in [7, 11) is 1.71. The molecule has 1 fully saturated rings. The van der Waals surface area contributed by atoms with Crippen molar-refractivity contribution in [3.63, 3.8) is 0 Å². The van der Waals surface area contributed by atoms with Crippen LogP contribution in [0.3, 0.4) is 0 Å². The fourth-order valence-electron chi connectivity index (χ4n) is 5.63. The molecule has 0 unspecified atom stereocenters. The first-order valence-electron chi connectivity index (χ1n) is 13.2. The van der Waals surface area contributed by atoms with Gasteiger partial charge in [-0.05, 0) is 71.9 Å². The molecule has 1 aliphatic carbocycles. The molecular formula is C32H39ClO. The Labute approximate surface area is 211 Å². The van der Waals surface area contributed by atoms with E-state index >= 15 is 0 Å². The molecule has 3 aromatic carbocycles. The lowest BCUT2D eigenvalue weighted by Gasteiger charge is -2.30. The van der Waals surface area contributed by atoms with Crippen molar-refractivity contribution < 1.29 is 4.74 Å². The zero-order chi connectivity index (χ0) is 23.8. The maximum absolute atomic E-state index is 7.14. The Balaban J connectivity index is 1.50. The molecule has 0 aromatic heterocycles. The number of ether oxygens (including phenoxy) is 1. The second-order valence-electron chi connectivity index (χ2n) is 9.91. The molecule has 0 N–H and O–H groups in total. The first kappa shape index (κ1) is 24.9. The molecule has 0 aliphatic heterocycles. The highest BCUT2D eigenvalue weighted by Crippen LogP contribution is 2.44. The maximum Gasteiger partial charge on any atom is 0.119 e. The second kappa shape index (κ2) is 12.5. The maximum atomic E-state index is 7.14. The lowest BCUT2D eigenvalue weighted by Crippen LogP contribution is -2.14. The van der Waals surface area contributed by atoms with Crippen LogP contribution in [-0.2, 0) is 0 Å². The molecule has 1 nitrogen and oxygen atoms in total. The largest absolute Gasteiger partial charge is 0.497 e. The summed E-state index contributed by atoms with van der Waals surface area (Å²) in [5.74, 6) is 2.36. The molecule has 0 saturated heterocycles. The summed E-state index contributed by atoms with van der Waals surface area (Å²) in [6.45, 7) is 2.29. The van der Waals surface area contributed by atoms with E-state index < -0.39 is 0 Å². The fraction of sp³-hybridized carbons (Fsp3) is 0.438. The molecule has 4 rings (SSSR count). The topological polar surface area (TPSA) is 9.23 Å². The minimum atomic E-state index is 0.577. The van der Waals surface area contributed by atoms with Crippen molar-refractivity contribution in [2.75, 3.05) is 7.11 Å². The van der Waals surface area contributed by atoms with Gasteiger partial charge in [-0.1, -0.05) is 112 Å². The number of rotatable bonds is 10. The molecule has 0 radical (unpaired) electrons. The molecular weight excluding hydrogens is 436 g/mol. The van der Waals surface area contributed by atoms with Gasteiger partial charge < -0.3 is 4.74 Å². The van der Waals surface area contributed by atoms with E-state index in [0.29, 0.717) is 5.92 Å². The number of hydrogen-bond donors (Lipinski definition) is 0. The average Bonchev–Trinajstić information content (AvgIpc) is 2.89. The number of hydrogen-bond acceptors (Lipinski definition) is 1. The Morgan fingerprint density at radius 2 is 1.47 bits per heavy atom. The third kappa shape index (κ3) is 6.05. The van der Waals surface area contributed by atoms with Crippen LogP contribution in [0.1, 0.15) is 82.6 Å². The molecule has 0 atom stereocenters. The normalized spacial score (nSPS) is 18.1. The van der Waals surface area contributed by atoms with Gasteiger partial charge in [0.1, 0.15) is 5.75 Å². The Kier molecular flexibility index (Phi) is 9.11. The van der Waals surface area contributed by atoms with E-state index in [-0.39, 0.29) is 0 Å². The lowest BCUT2D eigenvalue weighted by molar-refractivity contribution is 0.302. The van der Waals surface area contributed by atoms with E-state index in [1.807, 2.05) is 12.1 Å². The molecule has 1 saturated carbocycles. The molecule has 0 heterocycles. The first-order chi connectivity index (χ1) is 16.7. The van der Waals surface area contributed by atoms with E-state index in [1.165, 1.54) is 80.9 Å². The van der Waals surface area contributed by atoms with Gasteiger partial charge >= 0.3 is 0 Å². The molecule has 1 aliphatic rings. The van der Waals surface area contributed by atoms with Crippen LogP contribution in [0.15, 0.2) is 66.7 Å². The third-order valence-electron chi connectivity index (χ3n) is 7.63. The molecule has 0 bridgehead atoms. The average molecular weight is 475 g/mol. The van der Waals surface area contributed by atoms with Crippen molar-refractivity contribution in [3.8, 4) is 28.0 Å².